The number of likely N-dealkylation sites (tertiary alicyclic amines) is 1. The number of benzene rings is 1. The Balaban J connectivity index is 2.03. The molecule has 0 spiro atoms. The minimum atomic E-state index is -1.10. The first kappa shape index (κ1) is 16.3. The highest BCUT2D eigenvalue weighted by Crippen LogP contribution is 2.19. The minimum absolute atomic E-state index is 0.146. The second-order valence-electron chi connectivity index (χ2n) is 4.98. The van der Waals surface area contributed by atoms with Crippen molar-refractivity contribution in [3.8, 4) is 0 Å². The van der Waals surface area contributed by atoms with Gasteiger partial charge in [-0.3, -0.25) is 9.59 Å². The highest BCUT2D eigenvalue weighted by molar-refractivity contribution is 6.14. The van der Waals surface area contributed by atoms with Gasteiger partial charge in [-0.1, -0.05) is 18.2 Å². The largest absolute Gasteiger partial charge is 0.480 e. The zero-order valence-corrected chi connectivity index (χ0v) is 12.4. The quantitative estimate of drug-likeness (QED) is 0.672. The summed E-state index contributed by atoms with van der Waals surface area (Å²) in [5, 5.41) is 12.0. The fourth-order valence-electron chi connectivity index (χ4n) is 2.47. The topological polar surface area (TPSA) is 98.7 Å². The number of hydrogen-bond acceptors (Lipinski definition) is 4. The monoisotopic (exact) mass is 325 g/mol. The van der Waals surface area contributed by atoms with Gasteiger partial charge in [-0.15, -0.1) is 0 Å². The first-order valence-electron chi connectivity index (χ1n) is 6.74. The third-order valence-electron chi connectivity index (χ3n) is 3.50. The molecule has 1 saturated heterocycles. The molecule has 1 aromatic rings. The van der Waals surface area contributed by atoms with Crippen molar-refractivity contribution < 1.29 is 19.5 Å². The molecule has 2 amide bonds. The number of rotatable bonds is 5. The van der Waals surface area contributed by atoms with E-state index in [-0.39, 0.29) is 25.4 Å². The molecule has 8 heteroatoms. The van der Waals surface area contributed by atoms with Gasteiger partial charge in [0, 0.05) is 24.6 Å². The van der Waals surface area contributed by atoms with Gasteiger partial charge < -0.3 is 15.3 Å². The van der Waals surface area contributed by atoms with E-state index in [4.69, 9.17) is 11.8 Å². The van der Waals surface area contributed by atoms with Gasteiger partial charge in [0.15, 0.2) is 0 Å². The maximum absolute atomic E-state index is 12.1. The maximum Gasteiger partial charge on any atom is 0.326 e. The number of carbonyl (C=O) groups excluding carboxylic acids is 2. The standard InChI is InChI=1S/C14H16ClN3O4/c15-16-7-12(19)18-8-10(6-11(18)14(21)22)17-13(20)9-4-2-1-3-5-9/h1-5,10-11,16H,6-8H2,(H,17,20)(H,21,22)/t10-,11?/m1/s1. The summed E-state index contributed by atoms with van der Waals surface area (Å²) in [5.41, 5.74) is 0.488. The van der Waals surface area contributed by atoms with E-state index >= 15 is 0 Å². The SMILES string of the molecule is O=C(N[C@@H]1CC(C(=O)O)N(C(=O)CNCl)C1)c1ccccc1. The molecule has 22 heavy (non-hydrogen) atoms. The summed E-state index contributed by atoms with van der Waals surface area (Å²) in [5.74, 6) is -1.81. The molecule has 0 radical (unpaired) electrons. The molecule has 1 aliphatic heterocycles. The van der Waals surface area contributed by atoms with Gasteiger partial charge in [-0.25, -0.2) is 9.63 Å². The fraction of sp³-hybridized carbons (Fsp3) is 0.357. The van der Waals surface area contributed by atoms with Crippen LogP contribution in [0.15, 0.2) is 30.3 Å². The highest BCUT2D eigenvalue weighted by Gasteiger charge is 2.39. The van der Waals surface area contributed by atoms with Crippen LogP contribution in [0.1, 0.15) is 16.8 Å². The summed E-state index contributed by atoms with van der Waals surface area (Å²) in [6.07, 6.45) is 0.169. The lowest BCUT2D eigenvalue weighted by molar-refractivity contribution is -0.147. The number of nitrogens with zero attached hydrogens (tertiary/aromatic N) is 1. The third-order valence-corrected chi connectivity index (χ3v) is 3.63. The average molecular weight is 326 g/mol. The highest BCUT2D eigenvalue weighted by atomic mass is 35.5. The summed E-state index contributed by atoms with van der Waals surface area (Å²) >= 11 is 5.29. The number of carboxylic acids is 1. The van der Waals surface area contributed by atoms with Crippen molar-refractivity contribution >= 4 is 29.6 Å². The number of carbonyl (C=O) groups is 3. The molecule has 2 atom stereocenters. The lowest BCUT2D eigenvalue weighted by Crippen LogP contribution is -2.44. The Bertz CT molecular complexity index is 566. The molecule has 0 bridgehead atoms. The van der Waals surface area contributed by atoms with Crippen LogP contribution >= 0.6 is 11.8 Å². The molecule has 0 aliphatic carbocycles. The van der Waals surface area contributed by atoms with Crippen LogP contribution < -0.4 is 10.2 Å². The Morgan fingerprint density at radius 3 is 2.55 bits per heavy atom. The van der Waals surface area contributed by atoms with Crippen LogP contribution in [0.3, 0.4) is 0 Å². The molecule has 3 N–H and O–H groups in total. The predicted octanol–water partition coefficient (Wildman–Crippen LogP) is 0.214. The normalized spacial score (nSPS) is 20.7. The summed E-state index contributed by atoms with van der Waals surface area (Å²) in [4.78, 5) is 38.6. The van der Waals surface area contributed by atoms with Crippen molar-refractivity contribution in [2.24, 2.45) is 0 Å². The molecule has 0 aromatic heterocycles. The van der Waals surface area contributed by atoms with Gasteiger partial charge in [0.1, 0.15) is 6.04 Å². The average Bonchev–Trinajstić information content (AvgIpc) is 2.92. The second kappa shape index (κ2) is 7.24. The van der Waals surface area contributed by atoms with Crippen LogP contribution in [0.5, 0.6) is 0 Å². The van der Waals surface area contributed by atoms with Crippen LogP contribution in [-0.4, -0.2) is 53.0 Å². The van der Waals surface area contributed by atoms with E-state index in [1.165, 1.54) is 4.90 Å². The van der Waals surface area contributed by atoms with E-state index in [1.54, 1.807) is 30.3 Å². The minimum Gasteiger partial charge on any atom is -0.480 e. The smallest absolute Gasteiger partial charge is 0.326 e. The maximum atomic E-state index is 12.1. The summed E-state index contributed by atoms with van der Waals surface area (Å²) in [6.45, 7) is -0.0162. The molecule has 2 rings (SSSR count). The predicted molar refractivity (Wildman–Crippen MR) is 79.3 cm³/mol. The number of nitrogens with one attached hydrogen (secondary N) is 2. The Hall–Kier alpha value is -2.12. The molecule has 1 heterocycles. The molecule has 7 nitrogen and oxygen atoms in total. The second-order valence-corrected chi connectivity index (χ2v) is 5.25. The summed E-state index contributed by atoms with van der Waals surface area (Å²) in [7, 11) is 0. The summed E-state index contributed by atoms with van der Waals surface area (Å²) in [6, 6.07) is 7.24. The molecular formula is C14H16ClN3O4. The molecular weight excluding hydrogens is 310 g/mol. The Morgan fingerprint density at radius 2 is 1.95 bits per heavy atom. The number of halogens is 1. The van der Waals surface area contributed by atoms with E-state index in [0.29, 0.717) is 5.56 Å². The number of hydrogen-bond donors (Lipinski definition) is 3. The number of aliphatic carboxylic acids is 1. The van der Waals surface area contributed by atoms with Crippen LogP contribution in [-0.2, 0) is 9.59 Å². The van der Waals surface area contributed by atoms with Crippen LogP contribution in [0.25, 0.3) is 0 Å². The molecule has 1 aliphatic rings. The molecule has 118 valence electrons. The van der Waals surface area contributed by atoms with Crippen molar-refractivity contribution in [1.82, 2.24) is 15.1 Å². The van der Waals surface area contributed by atoms with E-state index < -0.39 is 24.0 Å². The third kappa shape index (κ3) is 3.75. The zero-order valence-electron chi connectivity index (χ0n) is 11.7. The van der Waals surface area contributed by atoms with Gasteiger partial charge in [-0.2, -0.15) is 0 Å². The van der Waals surface area contributed by atoms with Gasteiger partial charge in [0.2, 0.25) is 5.91 Å². The van der Waals surface area contributed by atoms with E-state index in [0.717, 1.165) is 0 Å². The molecule has 1 aromatic carbocycles. The van der Waals surface area contributed by atoms with Gasteiger partial charge in [0.25, 0.3) is 5.91 Å². The van der Waals surface area contributed by atoms with Gasteiger partial charge in [-0.05, 0) is 23.9 Å². The Morgan fingerprint density at radius 1 is 1.27 bits per heavy atom. The van der Waals surface area contributed by atoms with Crippen molar-refractivity contribution in [3.63, 3.8) is 0 Å². The van der Waals surface area contributed by atoms with Crippen LogP contribution in [0, 0.1) is 0 Å². The lowest BCUT2D eigenvalue weighted by atomic mass is 10.1. The lowest BCUT2D eigenvalue weighted by Gasteiger charge is -2.20. The molecule has 1 unspecified atom stereocenters. The van der Waals surface area contributed by atoms with E-state index in [1.807, 2.05) is 0 Å². The Kier molecular flexibility index (Phi) is 5.35. The van der Waals surface area contributed by atoms with Crippen molar-refractivity contribution in [2.75, 3.05) is 13.1 Å². The van der Waals surface area contributed by atoms with E-state index in [9.17, 15) is 19.5 Å². The van der Waals surface area contributed by atoms with Gasteiger partial charge in [0.05, 0.1) is 6.54 Å². The van der Waals surface area contributed by atoms with E-state index in [2.05, 4.69) is 10.2 Å². The van der Waals surface area contributed by atoms with Crippen molar-refractivity contribution in [2.45, 2.75) is 18.5 Å². The Labute approximate surface area is 132 Å². The zero-order chi connectivity index (χ0) is 16.1. The first-order chi connectivity index (χ1) is 10.5. The number of carboxylic acid groups (broad SMARTS) is 1. The molecule has 0 saturated carbocycles. The number of amides is 2. The van der Waals surface area contributed by atoms with Crippen LogP contribution in [0.4, 0.5) is 0 Å². The van der Waals surface area contributed by atoms with Crippen molar-refractivity contribution in [1.29, 1.82) is 0 Å². The summed E-state index contributed by atoms with van der Waals surface area (Å²) < 4.78 is 0. The molecule has 1 fully saturated rings. The first-order valence-corrected chi connectivity index (χ1v) is 7.12. The van der Waals surface area contributed by atoms with Gasteiger partial charge >= 0.3 is 5.97 Å². The fourth-order valence-corrected chi connectivity index (χ4v) is 2.58. The van der Waals surface area contributed by atoms with Crippen LogP contribution in [0.2, 0.25) is 0 Å². The van der Waals surface area contributed by atoms with Crippen molar-refractivity contribution in [3.05, 3.63) is 35.9 Å².